The molecule has 0 atom stereocenters. The maximum atomic E-state index is 4.88. The van der Waals surface area contributed by atoms with Crippen LogP contribution in [0.25, 0.3) is 38.7 Å². The zero-order valence-corrected chi connectivity index (χ0v) is 16.5. The summed E-state index contributed by atoms with van der Waals surface area (Å²) >= 11 is 1.68. The molecule has 0 spiro atoms. The summed E-state index contributed by atoms with van der Waals surface area (Å²) in [6.45, 7) is 0. The van der Waals surface area contributed by atoms with E-state index in [1.807, 2.05) is 6.20 Å². The summed E-state index contributed by atoms with van der Waals surface area (Å²) in [6.07, 6.45) is 8.57. The lowest BCUT2D eigenvalue weighted by Crippen LogP contribution is -2.05. The highest BCUT2D eigenvalue weighted by molar-refractivity contribution is 7.05. The van der Waals surface area contributed by atoms with Crippen molar-refractivity contribution in [2.45, 2.75) is 38.0 Å². The summed E-state index contributed by atoms with van der Waals surface area (Å²) in [6, 6.07) is 17.6. The Balaban J connectivity index is 1.61. The van der Waals surface area contributed by atoms with Crippen molar-refractivity contribution in [1.82, 2.24) is 13.8 Å². The summed E-state index contributed by atoms with van der Waals surface area (Å²) in [5, 5.41) is 4.79. The average Bonchev–Trinajstić information content (AvgIpc) is 3.35. The smallest absolute Gasteiger partial charge is 0.148 e. The number of rotatable bonds is 2. The number of hydrogen-bond acceptors (Lipinski definition) is 3. The maximum absolute atomic E-state index is 4.88. The Morgan fingerprint density at radius 1 is 0.964 bits per heavy atom. The Kier molecular flexibility index (Phi) is 3.73. The first-order valence-corrected chi connectivity index (χ1v) is 11.0. The molecular weight excluding hydrogens is 362 g/mol. The molecule has 1 aliphatic rings. The topological polar surface area (TPSA) is 30.2 Å². The third-order valence-electron chi connectivity index (χ3n) is 6.15. The van der Waals surface area contributed by atoms with Crippen molar-refractivity contribution in [3.63, 3.8) is 0 Å². The van der Waals surface area contributed by atoms with Crippen LogP contribution in [0.4, 0.5) is 0 Å². The molecule has 1 aliphatic carbocycles. The van der Waals surface area contributed by atoms with Gasteiger partial charge in [-0.2, -0.15) is 0 Å². The predicted molar refractivity (Wildman–Crippen MR) is 117 cm³/mol. The molecule has 0 radical (unpaired) electrons. The molecule has 3 aromatic heterocycles. The van der Waals surface area contributed by atoms with Gasteiger partial charge in [-0.25, -0.2) is 8.77 Å². The third-order valence-corrected chi connectivity index (χ3v) is 7.00. The first-order chi connectivity index (χ1) is 13.9. The van der Waals surface area contributed by atoms with Gasteiger partial charge in [0.1, 0.15) is 11.2 Å². The van der Waals surface area contributed by atoms with Crippen LogP contribution in [-0.4, -0.2) is 13.8 Å². The van der Waals surface area contributed by atoms with Gasteiger partial charge in [-0.15, -0.1) is 0 Å². The van der Waals surface area contributed by atoms with Crippen molar-refractivity contribution >= 4 is 39.0 Å². The second kappa shape index (κ2) is 6.42. The van der Waals surface area contributed by atoms with Crippen LogP contribution in [0.5, 0.6) is 0 Å². The van der Waals surface area contributed by atoms with Gasteiger partial charge in [0.15, 0.2) is 0 Å². The molecule has 28 heavy (non-hydrogen) atoms. The highest BCUT2D eigenvalue weighted by Crippen LogP contribution is 2.39. The van der Waals surface area contributed by atoms with E-state index in [2.05, 4.69) is 57.7 Å². The van der Waals surface area contributed by atoms with Crippen LogP contribution in [-0.2, 0) is 0 Å². The quantitative estimate of drug-likeness (QED) is 0.335. The van der Waals surface area contributed by atoms with Gasteiger partial charge < -0.3 is 0 Å². The Morgan fingerprint density at radius 3 is 2.79 bits per heavy atom. The predicted octanol–water partition coefficient (Wildman–Crippen LogP) is 6.81. The summed E-state index contributed by atoms with van der Waals surface area (Å²) in [5.74, 6) is 0.656. The molecule has 4 heteroatoms. The minimum absolute atomic E-state index is 0.656. The molecule has 0 unspecified atom stereocenters. The van der Waals surface area contributed by atoms with E-state index in [1.165, 1.54) is 54.0 Å². The number of aromatic nitrogens is 3. The van der Waals surface area contributed by atoms with Crippen molar-refractivity contribution in [2.75, 3.05) is 0 Å². The Hall–Kier alpha value is -2.72. The molecule has 0 aliphatic heterocycles. The normalized spacial score (nSPS) is 15.7. The second-order valence-electron chi connectivity index (χ2n) is 7.82. The van der Waals surface area contributed by atoms with Crippen LogP contribution in [0.2, 0.25) is 0 Å². The lowest BCUT2D eigenvalue weighted by atomic mass is 9.81. The molecule has 3 nitrogen and oxygen atoms in total. The van der Waals surface area contributed by atoms with Crippen molar-refractivity contribution < 1.29 is 0 Å². The number of benzene rings is 2. The van der Waals surface area contributed by atoms with Gasteiger partial charge in [0.25, 0.3) is 0 Å². The van der Waals surface area contributed by atoms with Gasteiger partial charge in [0.05, 0.1) is 11.2 Å². The molecule has 6 rings (SSSR count). The van der Waals surface area contributed by atoms with Crippen molar-refractivity contribution in [1.29, 1.82) is 0 Å². The number of pyridine rings is 1. The zero-order valence-electron chi connectivity index (χ0n) is 15.6. The molecular formula is C24H21N3S. The summed E-state index contributed by atoms with van der Waals surface area (Å²) in [7, 11) is 0. The van der Waals surface area contributed by atoms with Gasteiger partial charge in [0.2, 0.25) is 0 Å². The van der Waals surface area contributed by atoms with E-state index in [9.17, 15) is 0 Å². The van der Waals surface area contributed by atoms with E-state index in [4.69, 9.17) is 9.97 Å². The van der Waals surface area contributed by atoms with E-state index in [0.717, 1.165) is 22.4 Å². The fraction of sp³-hybridized carbons (Fsp3) is 0.250. The van der Waals surface area contributed by atoms with Crippen LogP contribution in [0.1, 0.15) is 43.6 Å². The molecule has 1 fully saturated rings. The Labute approximate surface area is 167 Å². The molecule has 3 heterocycles. The molecule has 0 N–H and O–H groups in total. The Morgan fingerprint density at radius 2 is 1.86 bits per heavy atom. The molecule has 5 aromatic rings. The van der Waals surface area contributed by atoms with Crippen molar-refractivity contribution in [3.8, 4) is 11.3 Å². The van der Waals surface area contributed by atoms with Crippen LogP contribution in [0, 0.1) is 0 Å². The summed E-state index contributed by atoms with van der Waals surface area (Å²) in [5.41, 5.74) is 6.82. The SMILES string of the molecule is c1ccc2c(C3CCCCC3)cc(-c3nccc4c3nc3ccsn34)cc2c1. The van der Waals surface area contributed by atoms with Gasteiger partial charge in [-0.3, -0.25) is 4.98 Å². The molecule has 1 saturated carbocycles. The summed E-state index contributed by atoms with van der Waals surface area (Å²) in [4.78, 5) is 9.66. The molecule has 0 saturated heterocycles. The number of fused-ring (bicyclic) bond motifs is 4. The number of imidazole rings is 1. The third kappa shape index (κ3) is 2.48. The monoisotopic (exact) mass is 383 g/mol. The highest BCUT2D eigenvalue weighted by Gasteiger charge is 2.20. The minimum Gasteiger partial charge on any atom is -0.254 e. The second-order valence-corrected chi connectivity index (χ2v) is 8.67. The molecule has 0 bridgehead atoms. The number of hydrogen-bond donors (Lipinski definition) is 0. The lowest BCUT2D eigenvalue weighted by Gasteiger charge is -2.24. The van der Waals surface area contributed by atoms with E-state index >= 15 is 0 Å². The lowest BCUT2D eigenvalue weighted by molar-refractivity contribution is 0.445. The summed E-state index contributed by atoms with van der Waals surface area (Å²) < 4.78 is 2.18. The van der Waals surface area contributed by atoms with Gasteiger partial charge in [-0.1, -0.05) is 55.1 Å². The minimum atomic E-state index is 0.656. The van der Waals surface area contributed by atoms with E-state index in [0.29, 0.717) is 5.92 Å². The van der Waals surface area contributed by atoms with E-state index < -0.39 is 0 Å². The standard InChI is InChI=1S/C24H21N3S/c1-2-6-16(7-3-1)20-15-18(14-17-8-4-5-9-19(17)20)23-24-21(10-12-25-23)27-22(26-24)11-13-28-27/h4-5,8-16H,1-3,6-7H2. The van der Waals surface area contributed by atoms with Crippen LogP contribution in [0.15, 0.2) is 60.1 Å². The molecule has 138 valence electrons. The zero-order chi connectivity index (χ0) is 18.5. The molecule has 0 amide bonds. The van der Waals surface area contributed by atoms with Crippen LogP contribution >= 0.6 is 11.5 Å². The largest absolute Gasteiger partial charge is 0.254 e. The van der Waals surface area contributed by atoms with Gasteiger partial charge in [0, 0.05) is 17.1 Å². The fourth-order valence-electron chi connectivity index (χ4n) is 4.81. The average molecular weight is 384 g/mol. The first kappa shape index (κ1) is 16.3. The Bertz CT molecular complexity index is 1310. The van der Waals surface area contributed by atoms with Crippen molar-refractivity contribution in [2.24, 2.45) is 0 Å². The highest BCUT2D eigenvalue weighted by atomic mass is 32.1. The van der Waals surface area contributed by atoms with Gasteiger partial charge in [-0.05, 0) is 59.4 Å². The van der Waals surface area contributed by atoms with E-state index in [-0.39, 0.29) is 0 Å². The van der Waals surface area contributed by atoms with E-state index in [1.54, 1.807) is 11.5 Å². The maximum Gasteiger partial charge on any atom is 0.148 e. The van der Waals surface area contributed by atoms with Crippen molar-refractivity contribution in [3.05, 3.63) is 65.7 Å². The van der Waals surface area contributed by atoms with Gasteiger partial charge >= 0.3 is 0 Å². The fourth-order valence-corrected chi connectivity index (χ4v) is 5.58. The number of nitrogens with zero attached hydrogens (tertiary/aromatic N) is 3. The first-order valence-electron chi connectivity index (χ1n) is 10.1. The molecule has 2 aromatic carbocycles. The van der Waals surface area contributed by atoms with Crippen LogP contribution < -0.4 is 0 Å². The van der Waals surface area contributed by atoms with Crippen LogP contribution in [0.3, 0.4) is 0 Å².